The summed E-state index contributed by atoms with van der Waals surface area (Å²) in [4.78, 5) is 5.91. The number of nitrogens with one attached hydrogen (secondary N) is 2. The quantitative estimate of drug-likeness (QED) is 0.814. The molecule has 2 aromatic rings. The standard InChI is InChI=1S/C13H15BrN4OS/c14-11-4-2-1-3-10(11)12-15-13(20)18(16-12)9-17-5-7-19-8-6-17/h1-4H,5-9H2,(H,15,16,20)/p+1. The number of aromatic amines is 1. The maximum Gasteiger partial charge on any atom is 0.221 e. The van der Waals surface area contributed by atoms with Crippen LogP contribution in [0, 0.1) is 4.77 Å². The van der Waals surface area contributed by atoms with Crippen molar-refractivity contribution < 1.29 is 9.64 Å². The van der Waals surface area contributed by atoms with E-state index in [0.717, 1.165) is 48.8 Å². The highest BCUT2D eigenvalue weighted by Crippen LogP contribution is 2.24. The van der Waals surface area contributed by atoms with Gasteiger partial charge in [-0.05, 0) is 18.3 Å². The molecule has 0 aliphatic carbocycles. The number of benzene rings is 1. The smallest absolute Gasteiger partial charge is 0.221 e. The zero-order chi connectivity index (χ0) is 13.9. The summed E-state index contributed by atoms with van der Waals surface area (Å²) < 4.78 is 8.91. The predicted molar refractivity (Wildman–Crippen MR) is 82.1 cm³/mol. The van der Waals surface area contributed by atoms with Gasteiger partial charge in [0.15, 0.2) is 12.5 Å². The molecule has 0 saturated carbocycles. The third-order valence-corrected chi connectivity index (χ3v) is 4.39. The van der Waals surface area contributed by atoms with Crippen molar-refractivity contribution >= 4 is 28.1 Å². The van der Waals surface area contributed by atoms with Crippen LogP contribution in [0.3, 0.4) is 0 Å². The summed E-state index contributed by atoms with van der Waals surface area (Å²) in [5.41, 5.74) is 1.02. The molecule has 7 heteroatoms. The summed E-state index contributed by atoms with van der Waals surface area (Å²) in [5.74, 6) is 0.801. The molecule has 2 N–H and O–H groups in total. The van der Waals surface area contributed by atoms with Gasteiger partial charge in [-0.3, -0.25) is 5.10 Å². The number of aromatic nitrogens is 3. The molecule has 106 valence electrons. The van der Waals surface area contributed by atoms with Gasteiger partial charge in [-0.1, -0.05) is 34.1 Å². The Balaban J connectivity index is 1.84. The van der Waals surface area contributed by atoms with E-state index in [0.29, 0.717) is 4.77 Å². The third kappa shape index (κ3) is 3.01. The Hall–Kier alpha value is -1.02. The van der Waals surface area contributed by atoms with E-state index < -0.39 is 0 Å². The second-order valence-corrected chi connectivity index (χ2v) is 6.00. The molecule has 1 fully saturated rings. The van der Waals surface area contributed by atoms with E-state index in [4.69, 9.17) is 17.0 Å². The lowest BCUT2D eigenvalue weighted by Crippen LogP contribution is -3.13. The Bertz CT molecular complexity index is 648. The van der Waals surface area contributed by atoms with Crippen LogP contribution in [-0.2, 0) is 11.4 Å². The highest BCUT2D eigenvalue weighted by molar-refractivity contribution is 9.10. The van der Waals surface area contributed by atoms with E-state index in [1.54, 1.807) is 0 Å². The number of halogens is 1. The second kappa shape index (κ2) is 6.17. The maximum absolute atomic E-state index is 5.37. The van der Waals surface area contributed by atoms with Gasteiger partial charge in [-0.15, -0.1) is 0 Å². The van der Waals surface area contributed by atoms with Gasteiger partial charge in [-0.25, -0.2) is 4.68 Å². The van der Waals surface area contributed by atoms with Crippen LogP contribution in [0.5, 0.6) is 0 Å². The summed E-state index contributed by atoms with van der Waals surface area (Å²) >= 11 is 8.89. The van der Waals surface area contributed by atoms with Crippen LogP contribution < -0.4 is 4.90 Å². The van der Waals surface area contributed by atoms with Gasteiger partial charge in [0, 0.05) is 10.0 Å². The Kier molecular flexibility index (Phi) is 4.30. The topological polar surface area (TPSA) is 47.3 Å². The largest absolute Gasteiger partial charge is 0.370 e. The first kappa shape index (κ1) is 13.9. The summed E-state index contributed by atoms with van der Waals surface area (Å²) in [6, 6.07) is 7.99. The van der Waals surface area contributed by atoms with Crippen molar-refractivity contribution in [3.8, 4) is 11.4 Å². The number of ether oxygens (including phenoxy) is 1. The molecule has 1 aromatic carbocycles. The molecule has 20 heavy (non-hydrogen) atoms. The molecule has 1 aromatic heterocycles. The lowest BCUT2D eigenvalue weighted by atomic mass is 10.2. The molecule has 0 atom stereocenters. The third-order valence-electron chi connectivity index (χ3n) is 3.39. The van der Waals surface area contributed by atoms with Crippen molar-refractivity contribution in [2.24, 2.45) is 0 Å². The molecule has 3 rings (SSSR count). The minimum Gasteiger partial charge on any atom is -0.370 e. The van der Waals surface area contributed by atoms with Crippen molar-refractivity contribution in [2.75, 3.05) is 26.3 Å². The van der Waals surface area contributed by atoms with Crippen LogP contribution in [0.15, 0.2) is 28.7 Å². The van der Waals surface area contributed by atoms with Crippen molar-refractivity contribution in [1.82, 2.24) is 14.8 Å². The maximum atomic E-state index is 5.37. The van der Waals surface area contributed by atoms with Crippen molar-refractivity contribution in [1.29, 1.82) is 0 Å². The average Bonchev–Trinajstić information content (AvgIpc) is 2.81. The Labute approximate surface area is 130 Å². The van der Waals surface area contributed by atoms with Crippen LogP contribution in [0.4, 0.5) is 0 Å². The van der Waals surface area contributed by atoms with Gasteiger partial charge >= 0.3 is 0 Å². The minimum absolute atomic E-state index is 0.592. The number of quaternary nitrogens is 1. The number of nitrogens with zero attached hydrogens (tertiary/aromatic N) is 2. The number of hydrogen-bond acceptors (Lipinski definition) is 3. The molecule has 0 spiro atoms. The molecule has 0 unspecified atom stereocenters. The number of H-pyrrole nitrogens is 1. The van der Waals surface area contributed by atoms with E-state index in [-0.39, 0.29) is 0 Å². The van der Waals surface area contributed by atoms with E-state index in [1.807, 2.05) is 28.9 Å². The molecule has 0 bridgehead atoms. The predicted octanol–water partition coefficient (Wildman–Crippen LogP) is 1.24. The van der Waals surface area contributed by atoms with Crippen LogP contribution in [0.25, 0.3) is 11.4 Å². The molecular weight excluding hydrogens is 340 g/mol. The molecule has 2 heterocycles. The Morgan fingerprint density at radius 3 is 2.85 bits per heavy atom. The molecule has 1 aliphatic heterocycles. The summed E-state index contributed by atoms with van der Waals surface area (Å²) in [5, 5.41) is 3.30. The molecule has 0 amide bonds. The fraction of sp³-hybridized carbons (Fsp3) is 0.385. The van der Waals surface area contributed by atoms with Gasteiger partial charge < -0.3 is 9.64 Å². The van der Waals surface area contributed by atoms with Crippen LogP contribution in [0.1, 0.15) is 0 Å². The van der Waals surface area contributed by atoms with Crippen LogP contribution in [0.2, 0.25) is 0 Å². The summed E-state index contributed by atoms with van der Waals surface area (Å²) in [6.45, 7) is 4.44. The lowest BCUT2D eigenvalue weighted by Gasteiger charge is -2.23. The van der Waals surface area contributed by atoms with E-state index in [1.165, 1.54) is 4.90 Å². The first-order valence-electron chi connectivity index (χ1n) is 6.57. The molecule has 1 saturated heterocycles. The summed E-state index contributed by atoms with van der Waals surface area (Å²) in [7, 11) is 0. The Morgan fingerprint density at radius 2 is 2.10 bits per heavy atom. The monoisotopic (exact) mass is 355 g/mol. The second-order valence-electron chi connectivity index (χ2n) is 4.78. The molecule has 0 radical (unpaired) electrons. The van der Waals surface area contributed by atoms with Crippen LogP contribution in [-0.4, -0.2) is 41.1 Å². The zero-order valence-electron chi connectivity index (χ0n) is 10.9. The van der Waals surface area contributed by atoms with Gasteiger partial charge in [0.1, 0.15) is 13.1 Å². The zero-order valence-corrected chi connectivity index (χ0v) is 13.3. The van der Waals surface area contributed by atoms with Crippen molar-refractivity contribution in [3.05, 3.63) is 33.5 Å². The highest BCUT2D eigenvalue weighted by atomic mass is 79.9. The van der Waals surface area contributed by atoms with E-state index >= 15 is 0 Å². The lowest BCUT2D eigenvalue weighted by molar-refractivity contribution is -0.930. The number of hydrogen-bond donors (Lipinski definition) is 2. The van der Waals surface area contributed by atoms with Gasteiger partial charge in [0.05, 0.1) is 13.2 Å². The van der Waals surface area contributed by atoms with Crippen molar-refractivity contribution in [3.63, 3.8) is 0 Å². The molecule has 5 nitrogen and oxygen atoms in total. The van der Waals surface area contributed by atoms with Gasteiger partial charge in [-0.2, -0.15) is 4.98 Å². The first-order valence-corrected chi connectivity index (χ1v) is 7.77. The number of rotatable bonds is 3. The minimum atomic E-state index is 0.592. The number of morpholine rings is 1. The van der Waals surface area contributed by atoms with E-state index in [9.17, 15) is 0 Å². The fourth-order valence-electron chi connectivity index (χ4n) is 2.28. The molecular formula is C13H16BrN4OS+. The average molecular weight is 356 g/mol. The molecule has 1 aliphatic rings. The Morgan fingerprint density at radius 1 is 1.35 bits per heavy atom. The van der Waals surface area contributed by atoms with Crippen molar-refractivity contribution in [2.45, 2.75) is 6.67 Å². The first-order chi connectivity index (χ1) is 9.74. The van der Waals surface area contributed by atoms with Gasteiger partial charge in [0.2, 0.25) is 4.77 Å². The highest BCUT2D eigenvalue weighted by Gasteiger charge is 2.16. The normalized spacial score (nSPS) is 16.4. The van der Waals surface area contributed by atoms with Gasteiger partial charge in [0.25, 0.3) is 0 Å². The van der Waals surface area contributed by atoms with Crippen LogP contribution >= 0.6 is 28.1 Å². The summed E-state index contributed by atoms with van der Waals surface area (Å²) in [6.07, 6.45) is 0. The fourth-order valence-corrected chi connectivity index (χ4v) is 2.95. The SMILES string of the molecule is S=c1nc(-c2ccccc2Br)[nH]n1C[NH+]1CCOCC1. The van der Waals surface area contributed by atoms with E-state index in [2.05, 4.69) is 26.0 Å².